The smallest absolute Gasteiger partial charge is 0.243 e. The first-order valence-electron chi connectivity index (χ1n) is 12.3. The highest BCUT2D eigenvalue weighted by molar-refractivity contribution is 7.99. The number of benzene rings is 1. The molecule has 4 rings (SSSR count). The molecule has 2 saturated heterocycles. The van der Waals surface area contributed by atoms with E-state index < -0.39 is 10.0 Å². The van der Waals surface area contributed by atoms with Crippen LogP contribution < -0.4 is 0 Å². The van der Waals surface area contributed by atoms with E-state index in [2.05, 4.69) is 17.1 Å². The molecule has 1 atom stereocenters. The van der Waals surface area contributed by atoms with E-state index >= 15 is 0 Å². The van der Waals surface area contributed by atoms with Crippen LogP contribution in [-0.4, -0.2) is 70.2 Å². The molecule has 1 amide bonds. The van der Waals surface area contributed by atoms with Gasteiger partial charge >= 0.3 is 0 Å². The summed E-state index contributed by atoms with van der Waals surface area (Å²) in [7, 11) is -3.48. The second-order valence-corrected chi connectivity index (χ2v) is 12.1. The van der Waals surface area contributed by atoms with Crippen molar-refractivity contribution in [3.05, 3.63) is 24.3 Å². The van der Waals surface area contributed by atoms with Gasteiger partial charge < -0.3 is 9.47 Å². The van der Waals surface area contributed by atoms with Gasteiger partial charge in [0.2, 0.25) is 15.9 Å². The van der Waals surface area contributed by atoms with Crippen LogP contribution in [0.15, 0.2) is 34.3 Å². The number of hydrogen-bond donors (Lipinski definition) is 0. The van der Waals surface area contributed by atoms with Gasteiger partial charge in [0, 0.05) is 38.3 Å². The molecule has 0 spiro atoms. The van der Waals surface area contributed by atoms with E-state index in [0.717, 1.165) is 50.8 Å². The minimum absolute atomic E-state index is 0.145. The number of likely N-dealkylation sites (tertiary alicyclic amines) is 1. The van der Waals surface area contributed by atoms with Gasteiger partial charge in [0.15, 0.2) is 11.0 Å². The first kappa shape index (κ1) is 25.2. The van der Waals surface area contributed by atoms with Gasteiger partial charge in [-0.15, -0.1) is 10.2 Å². The molecule has 0 N–H and O–H groups in total. The van der Waals surface area contributed by atoms with E-state index in [1.807, 2.05) is 16.4 Å². The van der Waals surface area contributed by atoms with Crippen LogP contribution in [0.4, 0.5) is 0 Å². The summed E-state index contributed by atoms with van der Waals surface area (Å²) in [6, 6.07) is 6.93. The Labute approximate surface area is 207 Å². The van der Waals surface area contributed by atoms with Gasteiger partial charge in [-0.25, -0.2) is 8.42 Å². The summed E-state index contributed by atoms with van der Waals surface area (Å²) in [5.41, 5.74) is 0.812. The fraction of sp³-hybridized carbons (Fsp3) is 0.625. The lowest BCUT2D eigenvalue weighted by atomic mass is 10.0. The summed E-state index contributed by atoms with van der Waals surface area (Å²) in [5.74, 6) is 1.73. The Morgan fingerprint density at radius 2 is 1.74 bits per heavy atom. The molecule has 186 valence electrons. The SMILES string of the molecule is CCn1c(SCC(=O)N2CCC[C@@H](C)C2)nnc1-c1ccc(S(=O)(=O)N2CCCCCC2)cc1. The molecular formula is C24H35N5O3S2. The van der Waals surface area contributed by atoms with Crippen molar-refractivity contribution in [1.82, 2.24) is 24.0 Å². The number of aromatic nitrogens is 3. The van der Waals surface area contributed by atoms with E-state index in [1.54, 1.807) is 28.6 Å². The third kappa shape index (κ3) is 5.66. The fourth-order valence-electron chi connectivity index (χ4n) is 4.73. The third-order valence-electron chi connectivity index (χ3n) is 6.68. The van der Waals surface area contributed by atoms with Crippen molar-refractivity contribution >= 4 is 27.7 Å². The zero-order valence-corrected chi connectivity index (χ0v) is 21.8. The number of piperidine rings is 1. The Hall–Kier alpha value is -1.91. The van der Waals surface area contributed by atoms with Gasteiger partial charge in [0.25, 0.3) is 0 Å². The Kier molecular flexibility index (Phi) is 8.31. The number of rotatable bonds is 7. The Balaban J connectivity index is 1.45. The summed E-state index contributed by atoms with van der Waals surface area (Å²) >= 11 is 1.41. The summed E-state index contributed by atoms with van der Waals surface area (Å²) in [5, 5.41) is 9.40. The number of carbonyl (C=O) groups excluding carboxylic acids is 1. The number of hydrogen-bond acceptors (Lipinski definition) is 6. The van der Waals surface area contributed by atoms with Crippen LogP contribution in [-0.2, 0) is 21.4 Å². The zero-order chi connectivity index (χ0) is 24.1. The minimum atomic E-state index is -3.48. The molecule has 3 heterocycles. The highest BCUT2D eigenvalue weighted by Crippen LogP contribution is 2.27. The predicted molar refractivity (Wildman–Crippen MR) is 134 cm³/mol. The lowest BCUT2D eigenvalue weighted by Crippen LogP contribution is -2.40. The molecule has 10 heteroatoms. The molecular weight excluding hydrogens is 470 g/mol. The van der Waals surface area contributed by atoms with Crippen LogP contribution in [0.25, 0.3) is 11.4 Å². The Morgan fingerprint density at radius 3 is 2.38 bits per heavy atom. The molecule has 0 saturated carbocycles. The number of thioether (sulfide) groups is 1. The average Bonchev–Trinajstić information content (AvgIpc) is 3.04. The van der Waals surface area contributed by atoms with Crippen molar-refractivity contribution in [2.75, 3.05) is 31.9 Å². The molecule has 8 nitrogen and oxygen atoms in total. The van der Waals surface area contributed by atoms with E-state index in [9.17, 15) is 13.2 Å². The molecule has 1 aromatic heterocycles. The van der Waals surface area contributed by atoms with E-state index in [0.29, 0.717) is 47.2 Å². The normalized spacial score (nSPS) is 20.3. The summed E-state index contributed by atoms with van der Waals surface area (Å²) in [6.45, 7) is 7.71. The third-order valence-corrected chi connectivity index (χ3v) is 9.55. The van der Waals surface area contributed by atoms with Gasteiger partial charge in [-0.05, 0) is 62.8 Å². The number of nitrogens with zero attached hydrogens (tertiary/aromatic N) is 5. The van der Waals surface area contributed by atoms with Gasteiger partial charge in [-0.1, -0.05) is 31.5 Å². The lowest BCUT2D eigenvalue weighted by Gasteiger charge is -2.30. The largest absolute Gasteiger partial charge is 0.342 e. The summed E-state index contributed by atoms with van der Waals surface area (Å²) < 4.78 is 29.7. The molecule has 1 aromatic carbocycles. The number of carbonyl (C=O) groups is 1. The summed E-state index contributed by atoms with van der Waals surface area (Å²) in [4.78, 5) is 14.9. The summed E-state index contributed by atoms with van der Waals surface area (Å²) in [6.07, 6.45) is 6.24. The highest BCUT2D eigenvalue weighted by Gasteiger charge is 2.26. The number of amides is 1. The topological polar surface area (TPSA) is 88.4 Å². The van der Waals surface area contributed by atoms with E-state index in [4.69, 9.17) is 0 Å². The molecule has 34 heavy (non-hydrogen) atoms. The van der Waals surface area contributed by atoms with Crippen LogP contribution in [0.1, 0.15) is 52.4 Å². The van der Waals surface area contributed by atoms with Crippen molar-refractivity contribution in [1.29, 1.82) is 0 Å². The van der Waals surface area contributed by atoms with Gasteiger partial charge in [0.1, 0.15) is 0 Å². The minimum Gasteiger partial charge on any atom is -0.342 e. The maximum atomic E-state index is 13.1. The predicted octanol–water partition coefficient (Wildman–Crippen LogP) is 3.88. The van der Waals surface area contributed by atoms with Crippen molar-refractivity contribution in [3.8, 4) is 11.4 Å². The molecule has 0 bridgehead atoms. The van der Waals surface area contributed by atoms with Gasteiger partial charge in [-0.3, -0.25) is 4.79 Å². The van der Waals surface area contributed by atoms with Crippen LogP contribution in [0.3, 0.4) is 0 Å². The second-order valence-electron chi connectivity index (χ2n) is 9.27. The molecule has 0 unspecified atom stereocenters. The van der Waals surface area contributed by atoms with Crippen LogP contribution in [0.5, 0.6) is 0 Å². The van der Waals surface area contributed by atoms with Crippen LogP contribution in [0, 0.1) is 5.92 Å². The monoisotopic (exact) mass is 505 g/mol. The molecule has 2 aliphatic rings. The van der Waals surface area contributed by atoms with Crippen LogP contribution >= 0.6 is 11.8 Å². The molecule has 2 fully saturated rings. The fourth-order valence-corrected chi connectivity index (χ4v) is 7.16. The molecule has 0 aliphatic carbocycles. The maximum Gasteiger partial charge on any atom is 0.243 e. The average molecular weight is 506 g/mol. The van der Waals surface area contributed by atoms with Gasteiger partial charge in [-0.2, -0.15) is 4.31 Å². The molecule has 2 aliphatic heterocycles. The van der Waals surface area contributed by atoms with Crippen molar-refractivity contribution in [3.63, 3.8) is 0 Å². The Morgan fingerprint density at radius 1 is 1.03 bits per heavy atom. The zero-order valence-electron chi connectivity index (χ0n) is 20.1. The highest BCUT2D eigenvalue weighted by atomic mass is 32.2. The van der Waals surface area contributed by atoms with E-state index in [-0.39, 0.29) is 5.91 Å². The lowest BCUT2D eigenvalue weighted by molar-refractivity contribution is -0.130. The first-order chi connectivity index (χ1) is 16.4. The molecule has 0 radical (unpaired) electrons. The first-order valence-corrected chi connectivity index (χ1v) is 14.8. The molecule has 2 aromatic rings. The number of sulfonamides is 1. The van der Waals surface area contributed by atoms with Crippen molar-refractivity contribution < 1.29 is 13.2 Å². The quantitative estimate of drug-likeness (QED) is 0.531. The van der Waals surface area contributed by atoms with Crippen molar-refractivity contribution in [2.24, 2.45) is 5.92 Å². The van der Waals surface area contributed by atoms with E-state index in [1.165, 1.54) is 18.2 Å². The van der Waals surface area contributed by atoms with Crippen LogP contribution in [0.2, 0.25) is 0 Å². The van der Waals surface area contributed by atoms with Crippen molar-refractivity contribution in [2.45, 2.75) is 69.0 Å². The maximum absolute atomic E-state index is 13.1. The van der Waals surface area contributed by atoms with Gasteiger partial charge in [0.05, 0.1) is 10.6 Å². The standard InChI is InChI=1S/C24H35N5O3S2/c1-3-29-23(25-26-24(29)33-18-22(30)27-14-8-9-19(2)17-27)20-10-12-21(13-11-20)34(31,32)28-15-6-4-5-7-16-28/h10-13,19H,3-9,14-18H2,1-2H3/t19-/m1/s1. The second kappa shape index (κ2) is 11.2. The Bertz CT molecular complexity index is 1080.